The zero-order chi connectivity index (χ0) is 14.2. The summed E-state index contributed by atoms with van der Waals surface area (Å²) in [4.78, 5) is 5.45. The van der Waals surface area contributed by atoms with Gasteiger partial charge in [-0.3, -0.25) is 4.90 Å². The van der Waals surface area contributed by atoms with Crippen LogP contribution in [0.1, 0.15) is 46.0 Å². The number of hydrogen-bond donors (Lipinski definition) is 1. The van der Waals surface area contributed by atoms with E-state index in [0.717, 1.165) is 24.3 Å². The maximum absolute atomic E-state index is 6.29. The van der Waals surface area contributed by atoms with Crippen LogP contribution in [0.4, 0.5) is 0 Å². The van der Waals surface area contributed by atoms with E-state index >= 15 is 0 Å². The molecular weight excluding hydrogens is 246 g/mol. The molecule has 20 heavy (non-hydrogen) atoms. The molecule has 0 radical (unpaired) electrons. The standard InChI is InChI=1S/C17H33N3/c1-14-3-4-15(2)17(11-14,13-18)20-9-7-19(8-10-20)12-16-5-6-16/h14-16H,3-13,18H2,1-2H3. The van der Waals surface area contributed by atoms with Gasteiger partial charge in [-0.25, -0.2) is 0 Å². The van der Waals surface area contributed by atoms with Gasteiger partial charge in [-0.05, 0) is 43.4 Å². The van der Waals surface area contributed by atoms with E-state index in [-0.39, 0.29) is 0 Å². The summed E-state index contributed by atoms with van der Waals surface area (Å²) in [5, 5.41) is 0. The van der Waals surface area contributed by atoms with E-state index in [1.165, 1.54) is 64.8 Å². The SMILES string of the molecule is CC1CCC(C)C(CN)(N2CCN(CC3CC3)CC2)C1. The highest BCUT2D eigenvalue weighted by Crippen LogP contribution is 2.41. The molecule has 3 nitrogen and oxygen atoms in total. The van der Waals surface area contributed by atoms with Crippen molar-refractivity contribution in [3.63, 3.8) is 0 Å². The average Bonchev–Trinajstić information content (AvgIpc) is 3.26. The Hall–Kier alpha value is -0.120. The van der Waals surface area contributed by atoms with Gasteiger partial charge in [0.2, 0.25) is 0 Å². The maximum Gasteiger partial charge on any atom is 0.0360 e. The second-order valence-corrected chi connectivity index (χ2v) is 7.83. The van der Waals surface area contributed by atoms with Crippen molar-refractivity contribution in [2.75, 3.05) is 39.3 Å². The molecule has 3 unspecified atom stereocenters. The van der Waals surface area contributed by atoms with Crippen molar-refractivity contribution in [3.05, 3.63) is 0 Å². The molecule has 0 aromatic heterocycles. The Labute approximate surface area is 124 Å². The number of hydrogen-bond acceptors (Lipinski definition) is 3. The largest absolute Gasteiger partial charge is 0.329 e. The molecule has 0 aromatic carbocycles. The Bertz CT molecular complexity index is 320. The fourth-order valence-corrected chi connectivity index (χ4v) is 4.61. The lowest BCUT2D eigenvalue weighted by atomic mass is 9.68. The first kappa shape index (κ1) is 14.8. The third-order valence-corrected chi connectivity index (χ3v) is 6.28. The first-order valence-electron chi connectivity index (χ1n) is 8.81. The van der Waals surface area contributed by atoms with Crippen LogP contribution in [0.25, 0.3) is 0 Å². The highest BCUT2D eigenvalue weighted by atomic mass is 15.3. The van der Waals surface area contributed by atoms with Crippen LogP contribution in [0.3, 0.4) is 0 Å². The van der Waals surface area contributed by atoms with Gasteiger partial charge in [0, 0.05) is 44.8 Å². The Balaban J connectivity index is 1.61. The fourth-order valence-electron chi connectivity index (χ4n) is 4.61. The third-order valence-electron chi connectivity index (χ3n) is 6.28. The van der Waals surface area contributed by atoms with Gasteiger partial charge in [0.05, 0.1) is 0 Å². The summed E-state index contributed by atoms with van der Waals surface area (Å²) < 4.78 is 0. The van der Waals surface area contributed by atoms with Gasteiger partial charge in [-0.1, -0.05) is 20.3 Å². The van der Waals surface area contributed by atoms with E-state index in [0.29, 0.717) is 5.54 Å². The smallest absolute Gasteiger partial charge is 0.0360 e. The molecule has 1 saturated heterocycles. The number of nitrogens with zero attached hydrogens (tertiary/aromatic N) is 2. The molecule has 2 saturated carbocycles. The van der Waals surface area contributed by atoms with Crippen molar-refractivity contribution in [2.45, 2.75) is 51.5 Å². The fraction of sp³-hybridized carbons (Fsp3) is 1.00. The molecule has 2 N–H and O–H groups in total. The molecule has 3 atom stereocenters. The highest BCUT2D eigenvalue weighted by Gasteiger charge is 2.45. The van der Waals surface area contributed by atoms with Crippen LogP contribution in [0.2, 0.25) is 0 Å². The second kappa shape index (κ2) is 5.94. The van der Waals surface area contributed by atoms with Crippen molar-refractivity contribution in [3.8, 4) is 0 Å². The summed E-state index contributed by atoms with van der Waals surface area (Å²) in [7, 11) is 0. The lowest BCUT2D eigenvalue weighted by Crippen LogP contribution is -2.64. The summed E-state index contributed by atoms with van der Waals surface area (Å²) in [6.45, 7) is 12.1. The van der Waals surface area contributed by atoms with Crippen LogP contribution in [0.15, 0.2) is 0 Å². The van der Waals surface area contributed by atoms with Crippen LogP contribution in [-0.4, -0.2) is 54.6 Å². The first-order chi connectivity index (χ1) is 9.64. The van der Waals surface area contributed by atoms with Gasteiger partial charge >= 0.3 is 0 Å². The van der Waals surface area contributed by atoms with Crippen molar-refractivity contribution in [1.82, 2.24) is 9.80 Å². The first-order valence-corrected chi connectivity index (χ1v) is 8.81. The maximum atomic E-state index is 6.29. The molecule has 1 heterocycles. The van der Waals surface area contributed by atoms with Crippen molar-refractivity contribution < 1.29 is 0 Å². The lowest BCUT2D eigenvalue weighted by molar-refractivity contribution is -0.0323. The van der Waals surface area contributed by atoms with E-state index in [1.54, 1.807) is 0 Å². The molecular formula is C17H33N3. The molecule has 0 amide bonds. The molecule has 3 fully saturated rings. The van der Waals surface area contributed by atoms with Crippen molar-refractivity contribution in [1.29, 1.82) is 0 Å². The highest BCUT2D eigenvalue weighted by molar-refractivity contribution is 5.01. The minimum absolute atomic E-state index is 0.295. The van der Waals surface area contributed by atoms with Crippen LogP contribution >= 0.6 is 0 Å². The zero-order valence-corrected chi connectivity index (χ0v) is 13.5. The normalized spacial score (nSPS) is 41.0. The van der Waals surface area contributed by atoms with E-state index in [4.69, 9.17) is 5.73 Å². The summed E-state index contributed by atoms with van der Waals surface area (Å²) >= 11 is 0. The molecule has 3 heteroatoms. The van der Waals surface area contributed by atoms with E-state index in [1.807, 2.05) is 0 Å². The Kier molecular flexibility index (Phi) is 4.40. The van der Waals surface area contributed by atoms with Gasteiger partial charge < -0.3 is 10.6 Å². The zero-order valence-electron chi connectivity index (χ0n) is 13.5. The van der Waals surface area contributed by atoms with Gasteiger partial charge in [-0.2, -0.15) is 0 Å². The monoisotopic (exact) mass is 279 g/mol. The second-order valence-electron chi connectivity index (χ2n) is 7.83. The van der Waals surface area contributed by atoms with Crippen LogP contribution < -0.4 is 5.73 Å². The quantitative estimate of drug-likeness (QED) is 0.856. The topological polar surface area (TPSA) is 32.5 Å². The Morgan fingerprint density at radius 3 is 2.30 bits per heavy atom. The minimum atomic E-state index is 0.295. The van der Waals surface area contributed by atoms with Gasteiger partial charge in [0.25, 0.3) is 0 Å². The summed E-state index contributed by atoms with van der Waals surface area (Å²) in [5.74, 6) is 2.64. The predicted molar refractivity (Wildman–Crippen MR) is 84.7 cm³/mol. The van der Waals surface area contributed by atoms with Crippen LogP contribution in [0.5, 0.6) is 0 Å². The lowest BCUT2D eigenvalue weighted by Gasteiger charge is -2.54. The molecule has 2 aliphatic carbocycles. The summed E-state index contributed by atoms with van der Waals surface area (Å²) in [6, 6.07) is 0. The van der Waals surface area contributed by atoms with Crippen molar-refractivity contribution in [2.24, 2.45) is 23.5 Å². The number of nitrogens with two attached hydrogens (primary N) is 1. The average molecular weight is 279 g/mol. The predicted octanol–water partition coefficient (Wildman–Crippen LogP) is 2.17. The summed E-state index contributed by atoms with van der Waals surface area (Å²) in [6.07, 6.45) is 7.02. The molecule has 0 bridgehead atoms. The number of piperazine rings is 1. The molecule has 0 spiro atoms. The Morgan fingerprint density at radius 1 is 1.00 bits per heavy atom. The minimum Gasteiger partial charge on any atom is -0.329 e. The van der Waals surface area contributed by atoms with E-state index in [9.17, 15) is 0 Å². The van der Waals surface area contributed by atoms with Crippen molar-refractivity contribution >= 4 is 0 Å². The molecule has 116 valence electrons. The summed E-state index contributed by atoms with van der Waals surface area (Å²) in [5.41, 5.74) is 6.59. The van der Waals surface area contributed by atoms with Crippen LogP contribution in [-0.2, 0) is 0 Å². The molecule has 1 aliphatic heterocycles. The van der Waals surface area contributed by atoms with Gasteiger partial charge in [0.15, 0.2) is 0 Å². The van der Waals surface area contributed by atoms with E-state index < -0.39 is 0 Å². The van der Waals surface area contributed by atoms with Gasteiger partial charge in [0.1, 0.15) is 0 Å². The van der Waals surface area contributed by atoms with Gasteiger partial charge in [-0.15, -0.1) is 0 Å². The molecule has 3 aliphatic rings. The molecule has 0 aromatic rings. The van der Waals surface area contributed by atoms with Crippen LogP contribution in [0, 0.1) is 17.8 Å². The third kappa shape index (κ3) is 2.90. The number of rotatable bonds is 4. The Morgan fingerprint density at radius 2 is 1.70 bits per heavy atom. The molecule has 3 rings (SSSR count). The van der Waals surface area contributed by atoms with E-state index in [2.05, 4.69) is 23.6 Å².